The second-order valence-corrected chi connectivity index (χ2v) is 6.91. The normalized spacial score (nSPS) is 18.1. The molecule has 0 N–H and O–H groups in total. The number of halogens is 2. The fraction of sp³-hybridized carbons (Fsp3) is 0.300. The Hall–Kier alpha value is -2.40. The van der Waals surface area contributed by atoms with Gasteiger partial charge in [0, 0.05) is 25.6 Å². The van der Waals surface area contributed by atoms with Gasteiger partial charge in [-0.15, -0.1) is 0 Å². The fourth-order valence-corrected chi connectivity index (χ4v) is 3.52. The first-order valence-corrected chi connectivity index (χ1v) is 8.84. The van der Waals surface area contributed by atoms with E-state index in [2.05, 4.69) is 0 Å². The topological polar surface area (TPSA) is 40.6 Å². The number of rotatable bonds is 4. The molecule has 2 unspecified atom stereocenters. The summed E-state index contributed by atoms with van der Waals surface area (Å²) in [5.74, 6) is -1.13. The van der Waals surface area contributed by atoms with Crippen molar-refractivity contribution in [2.24, 2.45) is 5.92 Å². The molecule has 1 aliphatic heterocycles. The van der Waals surface area contributed by atoms with Gasteiger partial charge in [0.15, 0.2) is 0 Å². The molecule has 1 aliphatic rings. The first-order chi connectivity index (χ1) is 12.4. The molecular formula is C20H20ClFN2O2. The maximum Gasteiger partial charge on any atom is 0.228 e. The third kappa shape index (κ3) is 3.44. The van der Waals surface area contributed by atoms with Crippen molar-refractivity contribution in [3.05, 3.63) is 64.9 Å². The number of hydrogen-bond donors (Lipinski definition) is 0. The lowest BCUT2D eigenvalue weighted by molar-refractivity contribution is -0.136. The third-order valence-electron chi connectivity index (χ3n) is 4.90. The summed E-state index contributed by atoms with van der Waals surface area (Å²) < 4.78 is 14.0. The molecule has 3 rings (SSSR count). The zero-order valence-corrected chi connectivity index (χ0v) is 15.4. The molecule has 2 aromatic rings. The van der Waals surface area contributed by atoms with Gasteiger partial charge in [-0.3, -0.25) is 9.59 Å². The minimum absolute atomic E-state index is 0.123. The van der Waals surface area contributed by atoms with Gasteiger partial charge in [-0.25, -0.2) is 4.39 Å². The molecule has 0 spiro atoms. The summed E-state index contributed by atoms with van der Waals surface area (Å²) in [5.41, 5.74) is 1.06. The largest absolute Gasteiger partial charge is 0.339 e. The van der Waals surface area contributed by atoms with E-state index >= 15 is 0 Å². The van der Waals surface area contributed by atoms with Crippen molar-refractivity contribution in [3.63, 3.8) is 0 Å². The zero-order valence-electron chi connectivity index (χ0n) is 14.7. The predicted molar refractivity (Wildman–Crippen MR) is 99.5 cm³/mol. The van der Waals surface area contributed by atoms with Crippen LogP contribution in [0, 0.1) is 11.7 Å². The van der Waals surface area contributed by atoms with Crippen LogP contribution in [-0.2, 0) is 9.59 Å². The minimum Gasteiger partial charge on any atom is -0.339 e. The first-order valence-electron chi connectivity index (χ1n) is 8.46. The number of nitrogens with zero attached hydrogens (tertiary/aromatic N) is 2. The van der Waals surface area contributed by atoms with Crippen molar-refractivity contribution in [2.75, 3.05) is 18.5 Å². The lowest BCUT2D eigenvalue weighted by atomic mass is 10.0. The fourth-order valence-electron chi connectivity index (χ4n) is 3.28. The van der Waals surface area contributed by atoms with Crippen LogP contribution in [0.3, 0.4) is 0 Å². The summed E-state index contributed by atoms with van der Waals surface area (Å²) in [6.07, 6.45) is 0.123. The average Bonchev–Trinajstić information content (AvgIpc) is 3.02. The molecule has 136 valence electrons. The molecule has 26 heavy (non-hydrogen) atoms. The van der Waals surface area contributed by atoms with Crippen molar-refractivity contribution in [1.82, 2.24) is 4.90 Å². The van der Waals surface area contributed by atoms with Crippen LogP contribution in [0.15, 0.2) is 48.5 Å². The monoisotopic (exact) mass is 374 g/mol. The second kappa shape index (κ2) is 7.46. The van der Waals surface area contributed by atoms with Gasteiger partial charge < -0.3 is 9.80 Å². The molecule has 1 fully saturated rings. The summed E-state index contributed by atoms with van der Waals surface area (Å²) in [5, 5.41) is 0.474. The predicted octanol–water partition coefficient (Wildman–Crippen LogP) is 4.05. The van der Waals surface area contributed by atoms with Crippen LogP contribution in [0.1, 0.15) is 24.9 Å². The van der Waals surface area contributed by atoms with Gasteiger partial charge in [0.1, 0.15) is 5.82 Å². The van der Waals surface area contributed by atoms with Crippen molar-refractivity contribution >= 4 is 29.1 Å². The van der Waals surface area contributed by atoms with Gasteiger partial charge >= 0.3 is 0 Å². The van der Waals surface area contributed by atoms with Crippen LogP contribution < -0.4 is 4.90 Å². The maximum absolute atomic E-state index is 14.0. The molecule has 0 radical (unpaired) electrons. The van der Waals surface area contributed by atoms with E-state index in [0.29, 0.717) is 16.3 Å². The quantitative estimate of drug-likeness (QED) is 0.810. The number of carbonyl (C=O) groups is 2. The smallest absolute Gasteiger partial charge is 0.228 e. The summed E-state index contributed by atoms with van der Waals surface area (Å²) in [4.78, 5) is 28.3. The molecule has 2 aromatic carbocycles. The van der Waals surface area contributed by atoms with E-state index in [0.717, 1.165) is 0 Å². The first kappa shape index (κ1) is 18.4. The number of anilines is 1. The molecule has 0 saturated carbocycles. The van der Waals surface area contributed by atoms with Gasteiger partial charge in [-0.2, -0.15) is 0 Å². The molecule has 2 atom stereocenters. The molecule has 2 amide bonds. The van der Waals surface area contributed by atoms with Crippen LogP contribution in [0.5, 0.6) is 0 Å². The van der Waals surface area contributed by atoms with E-state index in [1.165, 1.54) is 11.0 Å². The highest BCUT2D eigenvalue weighted by Gasteiger charge is 2.38. The summed E-state index contributed by atoms with van der Waals surface area (Å²) in [7, 11) is 1.64. The molecule has 0 aliphatic carbocycles. The van der Waals surface area contributed by atoms with Crippen molar-refractivity contribution in [1.29, 1.82) is 0 Å². The summed E-state index contributed by atoms with van der Waals surface area (Å²) in [6, 6.07) is 13.0. The Morgan fingerprint density at radius 1 is 1.23 bits per heavy atom. The summed E-state index contributed by atoms with van der Waals surface area (Å²) in [6.45, 7) is 2.05. The van der Waals surface area contributed by atoms with Crippen molar-refractivity contribution < 1.29 is 14.0 Å². The number of benzene rings is 2. The standard InChI is InChI=1S/C20H20ClFN2O2/c1-13(15-7-3-5-9-17(15)22)23(2)20(26)14-11-19(25)24(12-14)18-10-6-4-8-16(18)21/h3-10,13-14H,11-12H2,1-2H3. The lowest BCUT2D eigenvalue weighted by Gasteiger charge is -2.28. The molecule has 1 heterocycles. The van der Waals surface area contributed by atoms with Crippen LogP contribution in [0.4, 0.5) is 10.1 Å². The highest BCUT2D eigenvalue weighted by atomic mass is 35.5. The molecule has 1 saturated heterocycles. The molecule has 0 bridgehead atoms. The van der Waals surface area contributed by atoms with Gasteiger partial charge in [0.2, 0.25) is 11.8 Å². The van der Waals surface area contributed by atoms with E-state index in [4.69, 9.17) is 11.6 Å². The maximum atomic E-state index is 14.0. The highest BCUT2D eigenvalue weighted by Crippen LogP contribution is 2.32. The molecule has 0 aromatic heterocycles. The van der Waals surface area contributed by atoms with Gasteiger partial charge in [-0.05, 0) is 25.1 Å². The number of amides is 2. The number of hydrogen-bond acceptors (Lipinski definition) is 2. The van der Waals surface area contributed by atoms with E-state index in [-0.39, 0.29) is 30.6 Å². The Labute approximate surface area is 157 Å². The van der Waals surface area contributed by atoms with Crippen LogP contribution in [-0.4, -0.2) is 30.3 Å². The third-order valence-corrected chi connectivity index (χ3v) is 5.22. The lowest BCUT2D eigenvalue weighted by Crippen LogP contribution is -2.36. The van der Waals surface area contributed by atoms with Gasteiger partial charge in [-0.1, -0.05) is 41.9 Å². The van der Waals surface area contributed by atoms with Gasteiger partial charge in [0.25, 0.3) is 0 Å². The van der Waals surface area contributed by atoms with Crippen molar-refractivity contribution in [3.8, 4) is 0 Å². The minimum atomic E-state index is -0.474. The second-order valence-electron chi connectivity index (χ2n) is 6.50. The molecule has 4 nitrogen and oxygen atoms in total. The number of carbonyl (C=O) groups excluding carboxylic acids is 2. The van der Waals surface area contributed by atoms with Crippen LogP contribution >= 0.6 is 11.6 Å². The van der Waals surface area contributed by atoms with Gasteiger partial charge in [0.05, 0.1) is 22.7 Å². The Kier molecular flexibility index (Phi) is 5.28. The van der Waals surface area contributed by atoms with Crippen molar-refractivity contribution in [2.45, 2.75) is 19.4 Å². The Balaban J connectivity index is 1.75. The summed E-state index contributed by atoms with van der Waals surface area (Å²) >= 11 is 6.18. The van der Waals surface area contributed by atoms with E-state index in [1.54, 1.807) is 61.3 Å². The SMILES string of the molecule is CC(c1ccccc1F)N(C)C(=O)C1CC(=O)N(c2ccccc2Cl)C1. The van der Waals surface area contributed by atoms with Crippen LogP contribution in [0.25, 0.3) is 0 Å². The highest BCUT2D eigenvalue weighted by molar-refractivity contribution is 6.33. The van der Waals surface area contributed by atoms with E-state index in [9.17, 15) is 14.0 Å². The Morgan fingerprint density at radius 3 is 2.58 bits per heavy atom. The average molecular weight is 375 g/mol. The molecule has 6 heteroatoms. The Bertz CT molecular complexity index is 842. The van der Waals surface area contributed by atoms with E-state index in [1.807, 2.05) is 0 Å². The zero-order chi connectivity index (χ0) is 18.8. The van der Waals surface area contributed by atoms with E-state index < -0.39 is 12.0 Å². The number of para-hydroxylation sites is 1. The Morgan fingerprint density at radius 2 is 1.88 bits per heavy atom. The molecular weight excluding hydrogens is 355 g/mol. The van der Waals surface area contributed by atoms with Crippen LogP contribution in [0.2, 0.25) is 5.02 Å².